The molecule has 8 nitrogen and oxygen atoms in total. The number of carboxylic acids is 1. The summed E-state index contributed by atoms with van der Waals surface area (Å²) in [6.07, 6.45) is -4.16. The zero-order chi connectivity index (χ0) is 33.0. The Bertz CT molecular complexity index is 1760. The van der Waals surface area contributed by atoms with Crippen LogP contribution in [0.15, 0.2) is 42.5 Å². The van der Waals surface area contributed by atoms with Crippen LogP contribution in [-0.2, 0) is 27.2 Å². The summed E-state index contributed by atoms with van der Waals surface area (Å²) < 4.78 is 84.1. The molecule has 0 spiro atoms. The smallest absolute Gasteiger partial charge is 0.416 e. The monoisotopic (exact) mass is 660 g/mol. The number of rotatable bonds is 8. The van der Waals surface area contributed by atoms with Crippen molar-refractivity contribution in [1.29, 1.82) is 0 Å². The Kier molecular flexibility index (Phi) is 8.25. The van der Waals surface area contributed by atoms with E-state index in [9.17, 15) is 36.6 Å². The largest absolute Gasteiger partial charge is 0.492 e. The molecule has 46 heavy (non-hydrogen) atoms. The number of aliphatic carboxylic acids is 1. The van der Waals surface area contributed by atoms with E-state index in [-0.39, 0.29) is 49.9 Å². The Morgan fingerprint density at radius 3 is 2.37 bits per heavy atom. The molecule has 1 saturated heterocycles. The minimum Gasteiger partial charge on any atom is -0.492 e. The number of hydrogen-bond donors (Lipinski definition) is 2. The zero-order valence-corrected chi connectivity index (χ0v) is 26.3. The van der Waals surface area contributed by atoms with Crippen molar-refractivity contribution in [2.75, 3.05) is 24.7 Å². The summed E-state index contributed by atoms with van der Waals surface area (Å²) in [6.45, 7) is 3.75. The molecule has 1 aliphatic carbocycles. The number of aliphatic hydroxyl groups is 1. The molecular formula is C34H35F3O8S. The van der Waals surface area contributed by atoms with Gasteiger partial charge in [0.2, 0.25) is 0 Å². The fourth-order valence-electron chi connectivity index (χ4n) is 6.79. The van der Waals surface area contributed by atoms with Crippen LogP contribution in [0.3, 0.4) is 0 Å². The van der Waals surface area contributed by atoms with Crippen molar-refractivity contribution in [2.24, 2.45) is 0 Å². The Morgan fingerprint density at radius 1 is 1.02 bits per heavy atom. The van der Waals surface area contributed by atoms with E-state index in [0.717, 1.165) is 17.2 Å². The van der Waals surface area contributed by atoms with Crippen LogP contribution in [0.1, 0.15) is 71.1 Å². The van der Waals surface area contributed by atoms with Crippen molar-refractivity contribution >= 4 is 15.8 Å². The summed E-state index contributed by atoms with van der Waals surface area (Å²) in [7, 11) is -3.16. The Morgan fingerprint density at radius 2 is 1.72 bits per heavy atom. The van der Waals surface area contributed by atoms with Gasteiger partial charge in [0.15, 0.2) is 9.84 Å². The number of alkyl halides is 3. The lowest BCUT2D eigenvalue weighted by Gasteiger charge is -2.31. The van der Waals surface area contributed by atoms with Crippen molar-refractivity contribution in [3.63, 3.8) is 0 Å². The average Bonchev–Trinajstić information content (AvgIpc) is 3.56. The fraction of sp³-hybridized carbons (Fsp3) is 0.441. The van der Waals surface area contributed by atoms with Crippen LogP contribution in [0.2, 0.25) is 0 Å². The molecule has 12 heteroatoms. The Labute approximate surface area is 265 Å². The summed E-state index contributed by atoms with van der Waals surface area (Å²) in [5.41, 5.74) is 2.49. The Balaban J connectivity index is 1.28. The van der Waals surface area contributed by atoms with E-state index in [2.05, 4.69) is 0 Å². The average molecular weight is 661 g/mol. The first-order chi connectivity index (χ1) is 21.6. The van der Waals surface area contributed by atoms with Crippen LogP contribution in [0.5, 0.6) is 17.2 Å². The molecule has 2 aliphatic heterocycles. The van der Waals surface area contributed by atoms with Gasteiger partial charge in [0.25, 0.3) is 0 Å². The fourth-order valence-corrected chi connectivity index (χ4v) is 8.37. The zero-order valence-electron chi connectivity index (χ0n) is 25.4. The van der Waals surface area contributed by atoms with Crippen molar-refractivity contribution in [2.45, 2.75) is 69.8 Å². The van der Waals surface area contributed by atoms with E-state index in [1.165, 1.54) is 6.07 Å². The summed E-state index contributed by atoms with van der Waals surface area (Å²) in [4.78, 5) is 11.2. The molecule has 3 aromatic rings. The van der Waals surface area contributed by atoms with Gasteiger partial charge in [0.05, 0.1) is 30.1 Å². The lowest BCUT2D eigenvalue weighted by molar-refractivity contribution is -0.138. The van der Waals surface area contributed by atoms with Gasteiger partial charge in [-0.2, -0.15) is 13.2 Å². The molecule has 0 bridgehead atoms. The highest BCUT2D eigenvalue weighted by molar-refractivity contribution is 7.91. The topological polar surface area (TPSA) is 119 Å². The van der Waals surface area contributed by atoms with Crippen LogP contribution in [-0.4, -0.2) is 54.9 Å². The molecule has 3 aliphatic rings. The first kappa shape index (κ1) is 32.2. The van der Waals surface area contributed by atoms with Crippen molar-refractivity contribution in [3.8, 4) is 28.4 Å². The van der Waals surface area contributed by atoms with Crippen LogP contribution in [0, 0.1) is 13.8 Å². The van der Waals surface area contributed by atoms with E-state index in [4.69, 9.17) is 14.2 Å². The van der Waals surface area contributed by atoms with Gasteiger partial charge >= 0.3 is 12.1 Å². The van der Waals surface area contributed by atoms with Crippen LogP contribution < -0.4 is 14.2 Å². The number of hydrogen-bond acceptors (Lipinski definition) is 7. The third kappa shape index (κ3) is 6.55. The van der Waals surface area contributed by atoms with Gasteiger partial charge in [-0.25, -0.2) is 8.42 Å². The highest BCUT2D eigenvalue weighted by Gasteiger charge is 2.38. The maximum absolute atomic E-state index is 14.2. The van der Waals surface area contributed by atoms with Crippen molar-refractivity contribution in [1.82, 2.24) is 0 Å². The predicted octanol–water partition coefficient (Wildman–Crippen LogP) is 6.32. The SMILES string of the molecule is Cc1cc(OCC2(O)CCS(=O)(=O)CC2)cc(C)c1-c1cc(C(F)(F)F)cc2c1CC[C@H]2Oc1ccc2c(c1)OCC2CC(=O)O. The molecule has 2 atom stereocenters. The van der Waals surface area contributed by atoms with E-state index in [0.29, 0.717) is 57.9 Å². The van der Waals surface area contributed by atoms with E-state index in [1.807, 2.05) is 0 Å². The lowest BCUT2D eigenvalue weighted by Crippen LogP contribution is -2.43. The number of carboxylic acid groups (broad SMARTS) is 1. The maximum Gasteiger partial charge on any atom is 0.416 e. The molecule has 6 rings (SSSR count). The summed E-state index contributed by atoms with van der Waals surface area (Å²) in [5, 5.41) is 20.0. The quantitative estimate of drug-likeness (QED) is 0.288. The summed E-state index contributed by atoms with van der Waals surface area (Å²) in [5.74, 6) is -0.0326. The standard InChI is InChI=1S/C34H35F3O8S/c1-19-11-24(44-18-33(40)7-9-46(41,42)10-8-33)12-20(2)32(19)28-15-22(34(35,36)37)14-27-26(28)5-6-29(27)45-23-3-4-25-21(13-31(38)39)17-43-30(25)16-23/h3-4,11-12,14-16,21,29,40H,5-10,13,17-18H2,1-2H3,(H,38,39)/t21?,29-/m1/s1. The van der Waals surface area contributed by atoms with Gasteiger partial charge in [-0.05, 0) is 103 Å². The van der Waals surface area contributed by atoms with Crippen LogP contribution in [0.25, 0.3) is 11.1 Å². The van der Waals surface area contributed by atoms with Gasteiger partial charge in [0, 0.05) is 17.5 Å². The second-order valence-electron chi connectivity index (χ2n) is 12.6. The number of halogens is 3. The number of benzene rings is 3. The molecule has 0 amide bonds. The number of aryl methyl sites for hydroxylation is 2. The third-order valence-electron chi connectivity index (χ3n) is 9.22. The summed E-state index contributed by atoms with van der Waals surface area (Å²) >= 11 is 0. The number of ether oxygens (including phenoxy) is 3. The van der Waals surface area contributed by atoms with Gasteiger partial charge in [-0.15, -0.1) is 0 Å². The number of carbonyl (C=O) groups is 1. The first-order valence-electron chi connectivity index (χ1n) is 15.2. The minimum atomic E-state index is -4.59. The molecule has 1 unspecified atom stereocenters. The molecule has 2 heterocycles. The second kappa shape index (κ2) is 11.8. The van der Waals surface area contributed by atoms with E-state index >= 15 is 0 Å². The molecule has 0 aromatic heterocycles. The predicted molar refractivity (Wildman–Crippen MR) is 163 cm³/mol. The van der Waals surface area contributed by atoms with Gasteiger partial charge < -0.3 is 24.4 Å². The molecule has 0 radical (unpaired) electrons. The number of fused-ring (bicyclic) bond motifs is 2. The maximum atomic E-state index is 14.2. The van der Waals surface area contributed by atoms with Crippen LogP contribution >= 0.6 is 0 Å². The first-order valence-corrected chi connectivity index (χ1v) is 17.0. The van der Waals surface area contributed by atoms with Crippen LogP contribution in [0.4, 0.5) is 13.2 Å². The normalized spacial score (nSPS) is 21.3. The van der Waals surface area contributed by atoms with Crippen molar-refractivity contribution < 1.29 is 50.8 Å². The molecule has 246 valence electrons. The molecule has 2 N–H and O–H groups in total. The van der Waals surface area contributed by atoms with Gasteiger partial charge in [-0.1, -0.05) is 6.07 Å². The highest BCUT2D eigenvalue weighted by atomic mass is 32.2. The van der Waals surface area contributed by atoms with Gasteiger partial charge in [0.1, 0.15) is 35.6 Å². The Hall–Kier alpha value is -3.77. The van der Waals surface area contributed by atoms with Gasteiger partial charge in [-0.3, -0.25) is 4.79 Å². The second-order valence-corrected chi connectivity index (χ2v) is 14.9. The highest BCUT2D eigenvalue weighted by Crippen LogP contribution is 2.47. The summed E-state index contributed by atoms with van der Waals surface area (Å²) in [6, 6.07) is 10.9. The molecule has 1 fully saturated rings. The molecule has 0 saturated carbocycles. The lowest BCUT2D eigenvalue weighted by atomic mass is 9.88. The third-order valence-corrected chi connectivity index (χ3v) is 10.9. The molecule has 3 aromatic carbocycles. The van der Waals surface area contributed by atoms with Crippen molar-refractivity contribution in [3.05, 3.63) is 75.8 Å². The molecular weight excluding hydrogens is 625 g/mol. The van der Waals surface area contributed by atoms with E-state index in [1.54, 1.807) is 44.2 Å². The van der Waals surface area contributed by atoms with E-state index < -0.39 is 39.3 Å². The minimum absolute atomic E-state index is 0.0627. The number of sulfone groups is 1.